The highest BCUT2D eigenvalue weighted by Gasteiger charge is 2.32. The van der Waals surface area contributed by atoms with Crippen molar-refractivity contribution in [3.63, 3.8) is 0 Å². The van der Waals surface area contributed by atoms with Gasteiger partial charge in [-0.15, -0.1) is 0 Å². The lowest BCUT2D eigenvalue weighted by Crippen LogP contribution is -2.49. The van der Waals surface area contributed by atoms with E-state index in [2.05, 4.69) is 31.0 Å². The van der Waals surface area contributed by atoms with Gasteiger partial charge in [0.15, 0.2) is 0 Å². The molecular formula is C15H30N2O. The maximum atomic E-state index is 5.70. The van der Waals surface area contributed by atoms with Crippen molar-refractivity contribution < 1.29 is 4.74 Å². The normalized spacial score (nSPS) is 34.3. The summed E-state index contributed by atoms with van der Waals surface area (Å²) in [6.07, 6.45) is 3.94. The predicted molar refractivity (Wildman–Crippen MR) is 75.8 cm³/mol. The molecule has 0 radical (unpaired) electrons. The molecule has 2 aliphatic heterocycles. The fourth-order valence-corrected chi connectivity index (χ4v) is 3.64. The summed E-state index contributed by atoms with van der Waals surface area (Å²) in [7, 11) is 0. The molecule has 0 amide bonds. The summed E-state index contributed by atoms with van der Waals surface area (Å²) in [6, 6.07) is 1.46. The molecule has 0 aromatic carbocycles. The molecule has 2 saturated heterocycles. The first-order chi connectivity index (χ1) is 8.72. The molecule has 2 rings (SSSR count). The van der Waals surface area contributed by atoms with Gasteiger partial charge in [-0.3, -0.25) is 4.90 Å². The summed E-state index contributed by atoms with van der Waals surface area (Å²) in [5.74, 6) is 1.47. The van der Waals surface area contributed by atoms with Crippen LogP contribution in [-0.2, 0) is 4.74 Å². The van der Waals surface area contributed by atoms with Gasteiger partial charge in [0.05, 0.1) is 6.61 Å². The molecule has 3 atom stereocenters. The van der Waals surface area contributed by atoms with Crippen LogP contribution in [0.1, 0.15) is 40.0 Å². The van der Waals surface area contributed by atoms with Crippen molar-refractivity contribution in [2.75, 3.05) is 32.8 Å². The van der Waals surface area contributed by atoms with Crippen molar-refractivity contribution in [3.8, 4) is 0 Å². The van der Waals surface area contributed by atoms with E-state index >= 15 is 0 Å². The summed E-state index contributed by atoms with van der Waals surface area (Å²) in [5.41, 5.74) is 0. The molecule has 2 fully saturated rings. The fourth-order valence-electron chi connectivity index (χ4n) is 3.64. The third kappa shape index (κ3) is 3.46. The zero-order chi connectivity index (χ0) is 13.0. The van der Waals surface area contributed by atoms with Crippen LogP contribution in [0, 0.1) is 11.8 Å². The van der Waals surface area contributed by atoms with Crippen molar-refractivity contribution in [2.45, 2.75) is 52.1 Å². The summed E-state index contributed by atoms with van der Waals surface area (Å²) >= 11 is 0. The van der Waals surface area contributed by atoms with E-state index < -0.39 is 0 Å². The van der Waals surface area contributed by atoms with E-state index in [0.717, 1.165) is 31.7 Å². The zero-order valence-corrected chi connectivity index (χ0v) is 12.3. The molecule has 0 spiro atoms. The van der Waals surface area contributed by atoms with Crippen molar-refractivity contribution >= 4 is 0 Å². The average Bonchev–Trinajstić information content (AvgIpc) is 2.80. The van der Waals surface area contributed by atoms with Gasteiger partial charge in [-0.2, -0.15) is 0 Å². The Morgan fingerprint density at radius 2 is 2.17 bits per heavy atom. The molecular weight excluding hydrogens is 224 g/mol. The molecule has 3 unspecified atom stereocenters. The first kappa shape index (κ1) is 14.3. The lowest BCUT2D eigenvalue weighted by atomic mass is 9.93. The molecule has 0 bridgehead atoms. The molecule has 3 nitrogen and oxygen atoms in total. The van der Waals surface area contributed by atoms with E-state index in [-0.39, 0.29) is 0 Å². The van der Waals surface area contributed by atoms with Crippen LogP contribution in [0.4, 0.5) is 0 Å². The highest BCUT2D eigenvalue weighted by Crippen LogP contribution is 2.26. The minimum absolute atomic E-state index is 0.664. The number of likely N-dealkylation sites (tertiary alicyclic amines) is 1. The van der Waals surface area contributed by atoms with Crippen molar-refractivity contribution in [1.29, 1.82) is 0 Å². The molecule has 2 aliphatic rings. The maximum absolute atomic E-state index is 5.70. The standard InChI is InChI=1S/C15H30N2O/c1-4-16-14-7-9-18-11-13(14)10-17-8-5-6-15(17)12(2)3/h12-16H,4-11H2,1-3H3. The van der Waals surface area contributed by atoms with Crippen LogP contribution >= 0.6 is 0 Å². The Morgan fingerprint density at radius 3 is 2.89 bits per heavy atom. The first-order valence-corrected chi connectivity index (χ1v) is 7.77. The maximum Gasteiger partial charge on any atom is 0.0521 e. The van der Waals surface area contributed by atoms with Crippen LogP contribution in [0.15, 0.2) is 0 Å². The van der Waals surface area contributed by atoms with Gasteiger partial charge < -0.3 is 10.1 Å². The molecule has 2 heterocycles. The molecule has 1 N–H and O–H groups in total. The van der Waals surface area contributed by atoms with E-state index in [1.54, 1.807) is 0 Å². The van der Waals surface area contributed by atoms with Crippen molar-refractivity contribution in [1.82, 2.24) is 10.2 Å². The number of nitrogens with zero attached hydrogens (tertiary/aromatic N) is 1. The van der Waals surface area contributed by atoms with Crippen LogP contribution in [0.25, 0.3) is 0 Å². The van der Waals surface area contributed by atoms with Gasteiger partial charge in [-0.25, -0.2) is 0 Å². The second-order valence-electron chi connectivity index (χ2n) is 6.24. The Kier molecular flexibility index (Phi) is 5.46. The zero-order valence-electron chi connectivity index (χ0n) is 12.3. The van der Waals surface area contributed by atoms with Gasteiger partial charge >= 0.3 is 0 Å². The topological polar surface area (TPSA) is 24.5 Å². The molecule has 0 aromatic heterocycles. The van der Waals surface area contributed by atoms with Gasteiger partial charge in [0.1, 0.15) is 0 Å². The molecule has 0 aliphatic carbocycles. The third-order valence-corrected chi connectivity index (χ3v) is 4.59. The average molecular weight is 254 g/mol. The van der Waals surface area contributed by atoms with Crippen molar-refractivity contribution in [2.24, 2.45) is 11.8 Å². The lowest BCUT2D eigenvalue weighted by Gasteiger charge is -2.37. The van der Waals surface area contributed by atoms with Crippen LogP contribution in [0.5, 0.6) is 0 Å². The largest absolute Gasteiger partial charge is 0.381 e. The summed E-state index contributed by atoms with van der Waals surface area (Å²) < 4.78 is 5.70. The number of rotatable bonds is 5. The quantitative estimate of drug-likeness (QED) is 0.813. The molecule has 18 heavy (non-hydrogen) atoms. The van der Waals surface area contributed by atoms with E-state index in [0.29, 0.717) is 12.0 Å². The monoisotopic (exact) mass is 254 g/mol. The summed E-state index contributed by atoms with van der Waals surface area (Å²) in [5, 5.41) is 3.65. The Hall–Kier alpha value is -0.120. The number of ether oxygens (including phenoxy) is 1. The minimum Gasteiger partial charge on any atom is -0.381 e. The minimum atomic E-state index is 0.664. The van der Waals surface area contributed by atoms with Crippen LogP contribution in [0.2, 0.25) is 0 Å². The highest BCUT2D eigenvalue weighted by molar-refractivity contribution is 4.87. The summed E-state index contributed by atoms with van der Waals surface area (Å²) in [4.78, 5) is 2.72. The third-order valence-electron chi connectivity index (χ3n) is 4.59. The van der Waals surface area contributed by atoms with E-state index in [1.807, 2.05) is 0 Å². The molecule has 3 heteroatoms. The van der Waals surface area contributed by atoms with E-state index in [4.69, 9.17) is 4.74 Å². The Labute approximate surface area is 112 Å². The predicted octanol–water partition coefficient (Wildman–Crippen LogP) is 2.12. The Bertz CT molecular complexity index is 243. The van der Waals surface area contributed by atoms with Gasteiger partial charge in [0.25, 0.3) is 0 Å². The second kappa shape index (κ2) is 6.88. The van der Waals surface area contributed by atoms with Gasteiger partial charge in [-0.1, -0.05) is 20.8 Å². The van der Waals surface area contributed by atoms with E-state index in [1.165, 1.54) is 32.4 Å². The Balaban J connectivity index is 1.89. The van der Waals surface area contributed by atoms with Gasteiger partial charge in [-0.05, 0) is 38.3 Å². The van der Waals surface area contributed by atoms with Crippen LogP contribution < -0.4 is 5.32 Å². The number of hydrogen-bond donors (Lipinski definition) is 1. The van der Waals surface area contributed by atoms with Crippen LogP contribution in [-0.4, -0.2) is 49.8 Å². The van der Waals surface area contributed by atoms with Crippen LogP contribution in [0.3, 0.4) is 0 Å². The first-order valence-electron chi connectivity index (χ1n) is 7.77. The van der Waals surface area contributed by atoms with Gasteiger partial charge in [0.2, 0.25) is 0 Å². The smallest absolute Gasteiger partial charge is 0.0521 e. The SMILES string of the molecule is CCNC1CCOCC1CN1CCCC1C(C)C. The molecule has 0 aromatic rings. The number of hydrogen-bond acceptors (Lipinski definition) is 3. The van der Waals surface area contributed by atoms with Crippen molar-refractivity contribution in [3.05, 3.63) is 0 Å². The Morgan fingerprint density at radius 1 is 1.33 bits per heavy atom. The summed E-state index contributed by atoms with van der Waals surface area (Å²) in [6.45, 7) is 12.4. The number of nitrogens with one attached hydrogen (secondary N) is 1. The van der Waals surface area contributed by atoms with E-state index in [9.17, 15) is 0 Å². The molecule has 0 saturated carbocycles. The molecule has 106 valence electrons. The highest BCUT2D eigenvalue weighted by atomic mass is 16.5. The second-order valence-corrected chi connectivity index (χ2v) is 6.24. The lowest BCUT2D eigenvalue weighted by molar-refractivity contribution is 0.0126. The van der Waals surface area contributed by atoms with Gasteiger partial charge in [0, 0.05) is 31.2 Å². The fraction of sp³-hybridized carbons (Fsp3) is 1.00.